The molecule has 0 unspecified atom stereocenters. The fraction of sp³-hybridized carbons (Fsp3) is 0.190. The van der Waals surface area contributed by atoms with Gasteiger partial charge in [-0.15, -0.1) is 0 Å². The Morgan fingerprint density at radius 1 is 1.17 bits per heavy atom. The van der Waals surface area contributed by atoms with Crippen molar-refractivity contribution in [3.63, 3.8) is 0 Å². The minimum Gasteiger partial charge on any atom is -0.361 e. The van der Waals surface area contributed by atoms with Crippen LogP contribution in [0.4, 0.5) is 4.39 Å². The van der Waals surface area contributed by atoms with Crippen LogP contribution in [0.5, 0.6) is 0 Å². The zero-order valence-electron chi connectivity index (χ0n) is 16.3. The molecule has 0 saturated carbocycles. The van der Waals surface area contributed by atoms with Gasteiger partial charge in [0, 0.05) is 25.0 Å². The molecular weight excluding hydrogens is 373 g/mol. The standard InChI is InChI=1S/C21H20FN5O2/c1-14-19(15(2)29-24-14)13-25(3)21(28)18-12-23-27(17-8-6-16(22)7-9-17)20(18)26-10-4-5-11-26/h4-12H,13H2,1-3H3. The van der Waals surface area contributed by atoms with Crippen LogP contribution in [0.25, 0.3) is 11.5 Å². The van der Waals surface area contributed by atoms with Gasteiger partial charge in [-0.3, -0.25) is 4.79 Å². The molecule has 0 aliphatic carbocycles. The Morgan fingerprint density at radius 3 is 2.48 bits per heavy atom. The van der Waals surface area contributed by atoms with E-state index in [1.54, 1.807) is 28.8 Å². The second-order valence-corrected chi connectivity index (χ2v) is 6.82. The van der Waals surface area contributed by atoms with Gasteiger partial charge in [0.2, 0.25) is 0 Å². The Bertz CT molecular complexity index is 1120. The summed E-state index contributed by atoms with van der Waals surface area (Å²) >= 11 is 0. The first kappa shape index (κ1) is 18.7. The van der Waals surface area contributed by atoms with Crippen LogP contribution in [0.3, 0.4) is 0 Å². The first-order valence-electron chi connectivity index (χ1n) is 9.10. The predicted octanol–water partition coefficient (Wildman–Crippen LogP) is 3.68. The van der Waals surface area contributed by atoms with E-state index in [9.17, 15) is 9.18 Å². The van der Waals surface area contributed by atoms with Crippen molar-refractivity contribution in [1.82, 2.24) is 24.4 Å². The van der Waals surface area contributed by atoms with Crippen LogP contribution in [0, 0.1) is 19.7 Å². The quantitative estimate of drug-likeness (QED) is 0.519. The third kappa shape index (κ3) is 3.44. The zero-order chi connectivity index (χ0) is 20.5. The number of benzene rings is 1. The van der Waals surface area contributed by atoms with Gasteiger partial charge in [0.05, 0.1) is 24.1 Å². The fourth-order valence-corrected chi connectivity index (χ4v) is 3.23. The zero-order valence-corrected chi connectivity index (χ0v) is 16.3. The highest BCUT2D eigenvalue weighted by Gasteiger charge is 2.24. The van der Waals surface area contributed by atoms with Crippen LogP contribution in [-0.4, -0.2) is 37.4 Å². The van der Waals surface area contributed by atoms with Crippen molar-refractivity contribution in [1.29, 1.82) is 0 Å². The van der Waals surface area contributed by atoms with Crippen LogP contribution in [0.15, 0.2) is 59.5 Å². The number of hydrogen-bond acceptors (Lipinski definition) is 4. The molecule has 0 bridgehead atoms. The maximum atomic E-state index is 13.4. The van der Waals surface area contributed by atoms with E-state index in [4.69, 9.17) is 4.52 Å². The van der Waals surface area contributed by atoms with Crippen LogP contribution >= 0.6 is 0 Å². The summed E-state index contributed by atoms with van der Waals surface area (Å²) in [4.78, 5) is 14.9. The van der Waals surface area contributed by atoms with Gasteiger partial charge in [-0.1, -0.05) is 5.16 Å². The van der Waals surface area contributed by atoms with Gasteiger partial charge < -0.3 is 14.0 Å². The highest BCUT2D eigenvalue weighted by Crippen LogP contribution is 2.23. The molecule has 4 rings (SSSR count). The number of nitrogens with zero attached hydrogens (tertiary/aromatic N) is 5. The van der Waals surface area contributed by atoms with Crippen LogP contribution in [0.2, 0.25) is 0 Å². The molecule has 7 nitrogen and oxygen atoms in total. The van der Waals surface area contributed by atoms with E-state index in [0.717, 1.165) is 11.3 Å². The molecule has 0 fully saturated rings. The molecule has 148 valence electrons. The number of rotatable bonds is 5. The summed E-state index contributed by atoms with van der Waals surface area (Å²) in [6.45, 7) is 4.04. The maximum Gasteiger partial charge on any atom is 0.259 e. The number of carbonyl (C=O) groups is 1. The SMILES string of the molecule is Cc1noc(C)c1CN(C)C(=O)c1cnn(-c2ccc(F)cc2)c1-n1cccc1. The Kier molecular flexibility index (Phi) is 4.75. The fourth-order valence-electron chi connectivity index (χ4n) is 3.23. The molecule has 0 spiro atoms. The number of aryl methyl sites for hydroxylation is 2. The summed E-state index contributed by atoms with van der Waals surface area (Å²) in [5, 5.41) is 8.35. The molecule has 1 aromatic carbocycles. The van der Waals surface area contributed by atoms with E-state index in [0.29, 0.717) is 29.4 Å². The molecule has 0 N–H and O–H groups in total. The third-order valence-electron chi connectivity index (χ3n) is 4.82. The average Bonchev–Trinajstić information content (AvgIpc) is 3.44. The van der Waals surface area contributed by atoms with Gasteiger partial charge in [-0.25, -0.2) is 9.07 Å². The summed E-state index contributed by atoms with van der Waals surface area (Å²) in [6, 6.07) is 9.70. The minimum absolute atomic E-state index is 0.193. The van der Waals surface area contributed by atoms with Gasteiger partial charge in [0.15, 0.2) is 5.82 Å². The number of halogens is 1. The second-order valence-electron chi connectivity index (χ2n) is 6.82. The Labute approximate surface area is 167 Å². The molecule has 3 aromatic heterocycles. The lowest BCUT2D eigenvalue weighted by Gasteiger charge is -2.18. The van der Waals surface area contributed by atoms with Gasteiger partial charge >= 0.3 is 0 Å². The van der Waals surface area contributed by atoms with Crippen molar-refractivity contribution in [2.75, 3.05) is 7.05 Å². The number of carbonyl (C=O) groups excluding carboxylic acids is 1. The van der Waals surface area contributed by atoms with Crippen molar-refractivity contribution < 1.29 is 13.7 Å². The number of amides is 1. The summed E-state index contributed by atoms with van der Waals surface area (Å²) in [5.74, 6) is 0.744. The van der Waals surface area contributed by atoms with Crippen molar-refractivity contribution in [3.8, 4) is 11.5 Å². The summed E-state index contributed by atoms with van der Waals surface area (Å²) in [6.07, 6.45) is 5.20. The maximum absolute atomic E-state index is 13.4. The first-order valence-corrected chi connectivity index (χ1v) is 9.10. The van der Waals surface area contributed by atoms with E-state index in [-0.39, 0.29) is 11.7 Å². The van der Waals surface area contributed by atoms with Crippen LogP contribution in [-0.2, 0) is 6.54 Å². The summed E-state index contributed by atoms with van der Waals surface area (Å²) < 4.78 is 22.0. The Hall–Kier alpha value is -3.68. The molecule has 4 aromatic rings. The molecule has 0 aliphatic rings. The van der Waals surface area contributed by atoms with E-state index in [1.165, 1.54) is 18.3 Å². The molecule has 29 heavy (non-hydrogen) atoms. The van der Waals surface area contributed by atoms with E-state index >= 15 is 0 Å². The summed E-state index contributed by atoms with van der Waals surface area (Å²) in [5.41, 5.74) is 2.73. The smallest absolute Gasteiger partial charge is 0.259 e. The Morgan fingerprint density at radius 2 is 1.86 bits per heavy atom. The van der Waals surface area contributed by atoms with E-state index in [2.05, 4.69) is 10.3 Å². The predicted molar refractivity (Wildman–Crippen MR) is 105 cm³/mol. The monoisotopic (exact) mass is 393 g/mol. The van der Waals surface area contributed by atoms with Gasteiger partial charge in [0.25, 0.3) is 5.91 Å². The van der Waals surface area contributed by atoms with Crippen LogP contribution < -0.4 is 0 Å². The second kappa shape index (κ2) is 7.38. The normalized spacial score (nSPS) is 11.0. The Balaban J connectivity index is 1.73. The summed E-state index contributed by atoms with van der Waals surface area (Å²) in [7, 11) is 1.73. The average molecular weight is 393 g/mol. The topological polar surface area (TPSA) is 69.1 Å². The van der Waals surface area contributed by atoms with Crippen molar-refractivity contribution in [2.24, 2.45) is 0 Å². The van der Waals surface area contributed by atoms with E-state index in [1.807, 2.05) is 42.9 Å². The number of hydrogen-bond donors (Lipinski definition) is 0. The van der Waals surface area contributed by atoms with Gasteiger partial charge in [-0.2, -0.15) is 5.10 Å². The molecule has 0 aliphatic heterocycles. The lowest BCUT2D eigenvalue weighted by Crippen LogP contribution is -2.27. The van der Waals surface area contributed by atoms with Crippen molar-refractivity contribution in [2.45, 2.75) is 20.4 Å². The lowest BCUT2D eigenvalue weighted by molar-refractivity contribution is 0.0784. The highest BCUT2D eigenvalue weighted by molar-refractivity contribution is 5.97. The van der Waals surface area contributed by atoms with Gasteiger partial charge in [-0.05, 0) is 50.2 Å². The van der Waals surface area contributed by atoms with Gasteiger partial charge in [0.1, 0.15) is 17.1 Å². The van der Waals surface area contributed by atoms with Crippen molar-refractivity contribution in [3.05, 3.63) is 83.4 Å². The molecule has 0 atom stereocenters. The molecule has 8 heteroatoms. The minimum atomic E-state index is -0.334. The van der Waals surface area contributed by atoms with Crippen LogP contribution in [0.1, 0.15) is 27.4 Å². The first-order chi connectivity index (χ1) is 14.0. The largest absolute Gasteiger partial charge is 0.361 e. The molecular formula is C21H20FN5O2. The lowest BCUT2D eigenvalue weighted by atomic mass is 10.2. The third-order valence-corrected chi connectivity index (χ3v) is 4.82. The van der Waals surface area contributed by atoms with Crippen molar-refractivity contribution >= 4 is 5.91 Å². The highest BCUT2D eigenvalue weighted by atomic mass is 19.1. The number of aromatic nitrogens is 4. The molecule has 0 radical (unpaired) electrons. The van der Waals surface area contributed by atoms with E-state index < -0.39 is 0 Å². The molecule has 0 saturated heterocycles. The molecule has 1 amide bonds. The molecule has 3 heterocycles.